The van der Waals surface area contributed by atoms with Gasteiger partial charge in [0.1, 0.15) is 16.7 Å². The van der Waals surface area contributed by atoms with Crippen molar-refractivity contribution in [1.82, 2.24) is 24.6 Å². The van der Waals surface area contributed by atoms with E-state index in [0.29, 0.717) is 36.2 Å². The molecule has 1 fully saturated rings. The number of carbonyl (C=O) groups excluding carboxylic acids is 1. The van der Waals surface area contributed by atoms with Crippen LogP contribution in [0.25, 0.3) is 16.6 Å². The molecule has 3 aromatic heterocycles. The fourth-order valence-electron chi connectivity index (χ4n) is 4.80. The van der Waals surface area contributed by atoms with Crippen LogP contribution in [0.1, 0.15) is 22.5 Å². The third-order valence-corrected chi connectivity index (χ3v) is 6.57. The van der Waals surface area contributed by atoms with Crippen LogP contribution in [0.5, 0.6) is 0 Å². The quantitative estimate of drug-likeness (QED) is 0.415. The molecular weight excluding hydrogens is 468 g/mol. The van der Waals surface area contributed by atoms with Crippen LogP contribution in [0.3, 0.4) is 0 Å². The number of aromatic nitrogens is 3. The first-order chi connectivity index (χ1) is 17.4. The highest BCUT2D eigenvalue weighted by molar-refractivity contribution is 5.92. The standard InChI is InChI=1S/C25H23F2N7O2/c1-29-24(35)17-5-7-19(23(27)30-17)33-12-11-32(14-16(33)8-9-28)13-15-4-6-18-22(21(15)26)31-25(36)20-3-2-10-34(18)20/h2-7,10,16H,8,11-14H2,1H3,(H,29,35)(H,31,36)/t16-/m1/s1. The highest BCUT2D eigenvalue weighted by Crippen LogP contribution is 2.27. The van der Waals surface area contributed by atoms with Gasteiger partial charge < -0.3 is 19.6 Å². The highest BCUT2D eigenvalue weighted by atomic mass is 19.1. The SMILES string of the molecule is CNC(=O)c1ccc(N2CCN(Cc3ccc4c([nH]c(=O)c5cccn54)c3F)C[C@H]2CC#N)c(F)n1. The zero-order valence-corrected chi connectivity index (χ0v) is 19.5. The first-order valence-electron chi connectivity index (χ1n) is 11.5. The lowest BCUT2D eigenvalue weighted by atomic mass is 10.1. The number of halogens is 2. The molecule has 0 aliphatic carbocycles. The Balaban J connectivity index is 1.39. The van der Waals surface area contributed by atoms with Crippen LogP contribution in [0.15, 0.2) is 47.4 Å². The topological polar surface area (TPSA) is 110 Å². The van der Waals surface area contributed by atoms with E-state index in [4.69, 9.17) is 0 Å². The molecule has 1 aliphatic rings. The molecule has 9 nitrogen and oxygen atoms in total. The molecule has 36 heavy (non-hydrogen) atoms. The Bertz CT molecular complexity index is 1570. The lowest BCUT2D eigenvalue weighted by Crippen LogP contribution is -2.53. The van der Waals surface area contributed by atoms with Crippen molar-refractivity contribution in [1.29, 1.82) is 5.26 Å². The zero-order valence-electron chi connectivity index (χ0n) is 19.5. The van der Waals surface area contributed by atoms with Gasteiger partial charge in [0.2, 0.25) is 5.95 Å². The molecule has 0 radical (unpaired) electrons. The number of fused-ring (bicyclic) bond motifs is 3. The summed E-state index contributed by atoms with van der Waals surface area (Å²) in [6, 6.07) is 11.6. The smallest absolute Gasteiger partial charge is 0.272 e. The predicted octanol–water partition coefficient (Wildman–Crippen LogP) is 2.42. The van der Waals surface area contributed by atoms with Gasteiger partial charge in [-0.3, -0.25) is 14.5 Å². The van der Waals surface area contributed by atoms with Crippen molar-refractivity contribution in [3.05, 3.63) is 76.0 Å². The maximum Gasteiger partial charge on any atom is 0.272 e. The van der Waals surface area contributed by atoms with Crippen LogP contribution in [-0.2, 0) is 6.54 Å². The van der Waals surface area contributed by atoms with Crippen molar-refractivity contribution in [2.75, 3.05) is 31.6 Å². The number of H-pyrrole nitrogens is 1. The van der Waals surface area contributed by atoms with E-state index < -0.39 is 17.7 Å². The number of aromatic amines is 1. The van der Waals surface area contributed by atoms with Crippen LogP contribution < -0.4 is 15.8 Å². The lowest BCUT2D eigenvalue weighted by molar-refractivity contribution is 0.0957. The summed E-state index contributed by atoms with van der Waals surface area (Å²) in [5, 5.41) is 11.8. The Morgan fingerprint density at radius 3 is 2.81 bits per heavy atom. The van der Waals surface area contributed by atoms with Gasteiger partial charge in [-0.25, -0.2) is 9.37 Å². The monoisotopic (exact) mass is 491 g/mol. The molecule has 0 saturated carbocycles. The minimum Gasteiger partial charge on any atom is -0.361 e. The van der Waals surface area contributed by atoms with Crippen LogP contribution in [0, 0.1) is 23.1 Å². The Hall–Kier alpha value is -4.30. The van der Waals surface area contributed by atoms with Gasteiger partial charge in [0.25, 0.3) is 11.5 Å². The molecule has 4 heterocycles. The molecular formula is C25H23F2N7O2. The van der Waals surface area contributed by atoms with E-state index in [1.165, 1.54) is 19.2 Å². The number of nitrogens with zero attached hydrogens (tertiary/aromatic N) is 5. The molecule has 2 N–H and O–H groups in total. The van der Waals surface area contributed by atoms with E-state index in [1.807, 2.05) is 4.90 Å². The molecule has 1 aliphatic heterocycles. The second-order valence-electron chi connectivity index (χ2n) is 8.68. The normalized spacial score (nSPS) is 16.4. The molecule has 1 amide bonds. The number of carbonyl (C=O) groups is 1. The van der Waals surface area contributed by atoms with E-state index in [1.54, 1.807) is 39.8 Å². The minimum absolute atomic E-state index is 0.0313. The third-order valence-electron chi connectivity index (χ3n) is 6.57. The average Bonchev–Trinajstić information content (AvgIpc) is 3.37. The van der Waals surface area contributed by atoms with E-state index in [9.17, 15) is 19.2 Å². The number of amides is 1. The van der Waals surface area contributed by atoms with Gasteiger partial charge in [0, 0.05) is 45.0 Å². The van der Waals surface area contributed by atoms with Crippen LogP contribution in [-0.4, -0.2) is 57.9 Å². The second-order valence-corrected chi connectivity index (χ2v) is 8.68. The van der Waals surface area contributed by atoms with Gasteiger partial charge in [-0.1, -0.05) is 6.07 Å². The molecule has 1 aromatic carbocycles. The number of pyridine rings is 1. The fourth-order valence-corrected chi connectivity index (χ4v) is 4.80. The average molecular weight is 492 g/mol. The fraction of sp³-hybridized carbons (Fsp3) is 0.280. The number of benzene rings is 1. The van der Waals surface area contributed by atoms with Gasteiger partial charge in [-0.05, 0) is 30.3 Å². The molecule has 184 valence electrons. The molecule has 5 rings (SSSR count). The zero-order chi connectivity index (χ0) is 25.4. The number of nitrogens with one attached hydrogen (secondary N) is 2. The summed E-state index contributed by atoms with van der Waals surface area (Å²) in [6.07, 6.45) is 1.85. The van der Waals surface area contributed by atoms with Crippen molar-refractivity contribution in [2.24, 2.45) is 0 Å². The number of rotatable bonds is 5. The van der Waals surface area contributed by atoms with Crippen molar-refractivity contribution in [3.8, 4) is 6.07 Å². The number of piperazine rings is 1. The summed E-state index contributed by atoms with van der Waals surface area (Å²) in [5.74, 6) is -1.78. The number of hydrogen-bond acceptors (Lipinski definition) is 6. The summed E-state index contributed by atoms with van der Waals surface area (Å²) in [4.78, 5) is 34.3. The largest absolute Gasteiger partial charge is 0.361 e. The molecule has 0 spiro atoms. The van der Waals surface area contributed by atoms with Crippen LogP contribution >= 0.6 is 0 Å². The second kappa shape index (κ2) is 9.39. The molecule has 0 unspecified atom stereocenters. The number of hydrogen-bond donors (Lipinski definition) is 2. The lowest BCUT2D eigenvalue weighted by Gasteiger charge is -2.42. The van der Waals surface area contributed by atoms with Gasteiger partial charge >= 0.3 is 0 Å². The Kier molecular flexibility index (Phi) is 6.12. The highest BCUT2D eigenvalue weighted by Gasteiger charge is 2.30. The van der Waals surface area contributed by atoms with Gasteiger partial charge in [-0.15, -0.1) is 0 Å². The van der Waals surface area contributed by atoms with Crippen molar-refractivity contribution in [3.63, 3.8) is 0 Å². The first-order valence-corrected chi connectivity index (χ1v) is 11.5. The van der Waals surface area contributed by atoms with Crippen molar-refractivity contribution >= 4 is 28.1 Å². The van der Waals surface area contributed by atoms with E-state index in [-0.39, 0.29) is 41.5 Å². The van der Waals surface area contributed by atoms with E-state index in [2.05, 4.69) is 21.4 Å². The molecule has 1 atom stereocenters. The van der Waals surface area contributed by atoms with Crippen molar-refractivity contribution < 1.29 is 13.6 Å². The first kappa shape index (κ1) is 23.4. The van der Waals surface area contributed by atoms with Crippen molar-refractivity contribution in [2.45, 2.75) is 19.0 Å². The maximum absolute atomic E-state index is 15.4. The summed E-state index contributed by atoms with van der Waals surface area (Å²) >= 11 is 0. The van der Waals surface area contributed by atoms with Gasteiger partial charge in [-0.2, -0.15) is 9.65 Å². The van der Waals surface area contributed by atoms with Crippen LogP contribution in [0.4, 0.5) is 14.5 Å². The summed E-state index contributed by atoms with van der Waals surface area (Å²) < 4.78 is 31.9. The predicted molar refractivity (Wildman–Crippen MR) is 130 cm³/mol. The van der Waals surface area contributed by atoms with E-state index >= 15 is 4.39 Å². The Labute approximate surface area is 204 Å². The number of anilines is 1. The van der Waals surface area contributed by atoms with Crippen LogP contribution in [0.2, 0.25) is 0 Å². The Morgan fingerprint density at radius 1 is 1.22 bits per heavy atom. The number of nitriles is 1. The maximum atomic E-state index is 15.4. The van der Waals surface area contributed by atoms with Gasteiger partial charge in [0.05, 0.1) is 29.7 Å². The summed E-state index contributed by atoms with van der Waals surface area (Å²) in [5.41, 5.74) is 1.36. The Morgan fingerprint density at radius 2 is 2.06 bits per heavy atom. The summed E-state index contributed by atoms with van der Waals surface area (Å²) in [6.45, 7) is 1.54. The molecule has 1 saturated heterocycles. The molecule has 0 bridgehead atoms. The molecule has 4 aromatic rings. The minimum atomic E-state index is -0.784. The van der Waals surface area contributed by atoms with Gasteiger partial charge in [0.15, 0.2) is 5.82 Å². The summed E-state index contributed by atoms with van der Waals surface area (Å²) in [7, 11) is 1.44. The van der Waals surface area contributed by atoms with E-state index in [0.717, 1.165) is 0 Å². The third kappa shape index (κ3) is 4.05. The molecule has 11 heteroatoms.